The van der Waals surface area contributed by atoms with E-state index in [1.165, 1.54) is 9.96 Å². The van der Waals surface area contributed by atoms with Crippen molar-refractivity contribution in [2.75, 3.05) is 20.2 Å². The number of nitrogens with one attached hydrogen (secondary N) is 1. The summed E-state index contributed by atoms with van der Waals surface area (Å²) in [6, 6.07) is 16.2. The number of carbonyl (C=O) groups excluding carboxylic acids is 3. The highest BCUT2D eigenvalue weighted by molar-refractivity contribution is 6.07. The quantitative estimate of drug-likeness (QED) is 0.621. The van der Waals surface area contributed by atoms with Crippen molar-refractivity contribution in [2.45, 2.75) is 31.5 Å². The Bertz CT molecular complexity index is 1060. The minimum Gasteiger partial charge on any atom is -0.497 e. The van der Waals surface area contributed by atoms with Gasteiger partial charge in [-0.2, -0.15) is 5.06 Å². The van der Waals surface area contributed by atoms with Crippen molar-refractivity contribution >= 4 is 17.7 Å². The van der Waals surface area contributed by atoms with Gasteiger partial charge in [-0.3, -0.25) is 24.1 Å². The molecule has 2 aromatic carbocycles. The Labute approximate surface area is 192 Å². The van der Waals surface area contributed by atoms with Crippen LogP contribution in [0.2, 0.25) is 0 Å². The molecule has 2 aromatic rings. The van der Waals surface area contributed by atoms with Gasteiger partial charge in [0, 0.05) is 6.54 Å². The molecule has 3 unspecified atom stereocenters. The lowest BCUT2D eigenvalue weighted by atomic mass is 9.90. The number of carbonyl (C=O) groups is 3. The van der Waals surface area contributed by atoms with E-state index in [4.69, 9.17) is 9.57 Å². The van der Waals surface area contributed by atoms with Crippen LogP contribution in [0.25, 0.3) is 0 Å². The third-order valence-corrected chi connectivity index (χ3v) is 6.49. The molecular formula is C25H27N3O5. The van der Waals surface area contributed by atoms with Crippen LogP contribution in [0.3, 0.4) is 0 Å². The molecule has 0 bridgehead atoms. The van der Waals surface area contributed by atoms with Gasteiger partial charge in [0.05, 0.1) is 25.6 Å². The van der Waals surface area contributed by atoms with Gasteiger partial charge >= 0.3 is 0 Å². The minimum atomic E-state index is -0.950. The van der Waals surface area contributed by atoms with Crippen LogP contribution in [0.15, 0.2) is 54.6 Å². The first-order valence-electron chi connectivity index (χ1n) is 11.3. The first-order chi connectivity index (χ1) is 16.0. The van der Waals surface area contributed by atoms with Crippen molar-refractivity contribution in [3.8, 4) is 5.75 Å². The zero-order chi connectivity index (χ0) is 22.9. The normalized spacial score (nSPS) is 24.8. The fourth-order valence-electron chi connectivity index (χ4n) is 4.56. The highest BCUT2D eigenvalue weighted by Crippen LogP contribution is 2.45. The second kappa shape index (κ2) is 8.96. The molecule has 0 radical (unpaired) electrons. The van der Waals surface area contributed by atoms with E-state index in [0.29, 0.717) is 18.2 Å². The lowest BCUT2D eigenvalue weighted by molar-refractivity contribution is -0.182. The molecule has 3 amide bonds. The van der Waals surface area contributed by atoms with E-state index < -0.39 is 18.1 Å². The highest BCUT2D eigenvalue weighted by atomic mass is 16.7. The SMILES string of the molecule is COc1cccc(C2C3C(=O)N(Cc4ccccc4)C(=O)C3ON2CC(=O)NCC2CC2)c1. The van der Waals surface area contributed by atoms with Gasteiger partial charge in [-0.15, -0.1) is 0 Å². The van der Waals surface area contributed by atoms with Gasteiger partial charge in [-0.1, -0.05) is 42.5 Å². The van der Waals surface area contributed by atoms with Crippen molar-refractivity contribution in [2.24, 2.45) is 11.8 Å². The second-order valence-electron chi connectivity index (χ2n) is 8.84. The van der Waals surface area contributed by atoms with Crippen molar-refractivity contribution < 1.29 is 24.0 Å². The van der Waals surface area contributed by atoms with Crippen LogP contribution in [0.1, 0.15) is 30.0 Å². The number of hydrogen-bond donors (Lipinski definition) is 1. The molecule has 2 heterocycles. The molecule has 2 aliphatic heterocycles. The van der Waals surface area contributed by atoms with Crippen molar-refractivity contribution in [1.29, 1.82) is 0 Å². The number of hydrogen-bond acceptors (Lipinski definition) is 6. The lowest BCUT2D eigenvalue weighted by Crippen LogP contribution is -2.41. The van der Waals surface area contributed by atoms with Crippen LogP contribution < -0.4 is 10.1 Å². The maximum absolute atomic E-state index is 13.5. The van der Waals surface area contributed by atoms with Gasteiger partial charge in [-0.25, -0.2) is 0 Å². The summed E-state index contributed by atoms with van der Waals surface area (Å²) >= 11 is 0. The predicted octanol–water partition coefficient (Wildman–Crippen LogP) is 2.06. The molecule has 2 saturated heterocycles. The summed E-state index contributed by atoms with van der Waals surface area (Å²) in [5, 5.41) is 4.42. The van der Waals surface area contributed by atoms with Crippen LogP contribution in [0.5, 0.6) is 5.75 Å². The Balaban J connectivity index is 1.40. The lowest BCUT2D eigenvalue weighted by Gasteiger charge is -2.27. The van der Waals surface area contributed by atoms with Gasteiger partial charge in [0.15, 0.2) is 6.10 Å². The standard InChI is InChI=1S/C25H27N3O5/c1-32-19-9-5-8-18(12-19)22-21-23(33-28(22)15-20(29)26-13-16-10-11-16)25(31)27(24(21)30)14-17-6-3-2-4-7-17/h2-9,12,16,21-23H,10-11,13-15H2,1H3,(H,26,29). The predicted molar refractivity (Wildman–Crippen MR) is 119 cm³/mol. The summed E-state index contributed by atoms with van der Waals surface area (Å²) in [6.07, 6.45) is 1.32. The molecule has 8 nitrogen and oxygen atoms in total. The minimum absolute atomic E-state index is 0.0547. The molecule has 8 heteroatoms. The summed E-state index contributed by atoms with van der Waals surface area (Å²) in [7, 11) is 1.57. The number of benzene rings is 2. The number of methoxy groups -OCH3 is 1. The molecular weight excluding hydrogens is 422 g/mol. The van der Waals surface area contributed by atoms with Crippen LogP contribution >= 0.6 is 0 Å². The van der Waals surface area contributed by atoms with Gasteiger partial charge in [0.25, 0.3) is 5.91 Å². The molecule has 3 atom stereocenters. The summed E-state index contributed by atoms with van der Waals surface area (Å²) in [5.74, 6) is -0.394. The maximum atomic E-state index is 13.5. The summed E-state index contributed by atoms with van der Waals surface area (Å²) < 4.78 is 5.36. The third-order valence-electron chi connectivity index (χ3n) is 6.49. The van der Waals surface area contributed by atoms with E-state index >= 15 is 0 Å². The van der Waals surface area contributed by atoms with E-state index in [1.54, 1.807) is 7.11 Å². The highest BCUT2D eigenvalue weighted by Gasteiger charge is 2.59. The summed E-state index contributed by atoms with van der Waals surface area (Å²) in [6.45, 7) is 0.786. The monoisotopic (exact) mass is 449 g/mol. The van der Waals surface area contributed by atoms with Gasteiger partial charge in [0.2, 0.25) is 11.8 Å². The Kier molecular flexibility index (Phi) is 5.86. The number of likely N-dealkylation sites (tertiary alicyclic amines) is 1. The molecule has 33 heavy (non-hydrogen) atoms. The van der Waals surface area contributed by atoms with Gasteiger partial charge < -0.3 is 10.1 Å². The number of imide groups is 1. The molecule has 0 aromatic heterocycles. The number of ether oxygens (including phenoxy) is 1. The number of nitrogens with zero attached hydrogens (tertiary/aromatic N) is 2. The van der Waals surface area contributed by atoms with Gasteiger partial charge in [0.1, 0.15) is 12.3 Å². The number of amides is 3. The summed E-state index contributed by atoms with van der Waals surface area (Å²) in [4.78, 5) is 46.5. The van der Waals surface area contributed by atoms with E-state index in [-0.39, 0.29) is 30.8 Å². The van der Waals surface area contributed by atoms with E-state index in [9.17, 15) is 14.4 Å². The average molecular weight is 450 g/mol. The first-order valence-corrected chi connectivity index (χ1v) is 11.3. The molecule has 1 aliphatic carbocycles. The van der Waals surface area contributed by atoms with Crippen LogP contribution in [-0.4, -0.2) is 54.0 Å². The zero-order valence-electron chi connectivity index (χ0n) is 18.5. The Morgan fingerprint density at radius 3 is 2.61 bits per heavy atom. The van der Waals surface area contributed by atoms with Crippen molar-refractivity contribution in [1.82, 2.24) is 15.3 Å². The number of hydroxylamine groups is 2. The molecule has 1 saturated carbocycles. The first kappa shape index (κ1) is 21.6. The molecule has 3 aliphatic rings. The van der Waals surface area contributed by atoms with Crippen LogP contribution in [-0.2, 0) is 25.8 Å². The van der Waals surface area contributed by atoms with E-state index in [1.807, 2.05) is 54.6 Å². The van der Waals surface area contributed by atoms with Crippen molar-refractivity contribution in [3.63, 3.8) is 0 Å². The molecule has 172 valence electrons. The molecule has 3 fully saturated rings. The maximum Gasteiger partial charge on any atom is 0.261 e. The fraction of sp³-hybridized carbons (Fsp3) is 0.400. The molecule has 5 rings (SSSR count). The van der Waals surface area contributed by atoms with Crippen LogP contribution in [0.4, 0.5) is 0 Å². The topological polar surface area (TPSA) is 88.2 Å². The fourth-order valence-corrected chi connectivity index (χ4v) is 4.56. The smallest absolute Gasteiger partial charge is 0.261 e. The number of fused-ring (bicyclic) bond motifs is 1. The Morgan fingerprint density at radius 1 is 1.09 bits per heavy atom. The third kappa shape index (κ3) is 4.36. The van der Waals surface area contributed by atoms with E-state index in [2.05, 4.69) is 5.32 Å². The van der Waals surface area contributed by atoms with Crippen LogP contribution in [0, 0.1) is 11.8 Å². The molecule has 1 N–H and O–H groups in total. The Morgan fingerprint density at radius 2 is 1.88 bits per heavy atom. The molecule has 0 spiro atoms. The summed E-state index contributed by atoms with van der Waals surface area (Å²) in [5.41, 5.74) is 1.63. The number of rotatable bonds is 8. The average Bonchev–Trinajstić information content (AvgIpc) is 3.56. The largest absolute Gasteiger partial charge is 0.497 e. The van der Waals surface area contributed by atoms with E-state index in [0.717, 1.165) is 24.0 Å². The second-order valence-corrected chi connectivity index (χ2v) is 8.84. The zero-order valence-corrected chi connectivity index (χ0v) is 18.5. The Hall–Kier alpha value is -3.23. The van der Waals surface area contributed by atoms with Gasteiger partial charge in [-0.05, 0) is 42.0 Å². The van der Waals surface area contributed by atoms with Crippen molar-refractivity contribution in [3.05, 3.63) is 65.7 Å².